The number of carbonyl (C=O) groups is 1. The fourth-order valence-corrected chi connectivity index (χ4v) is 3.26. The highest BCUT2D eigenvalue weighted by molar-refractivity contribution is 5.95. The Bertz CT molecular complexity index is 751. The first kappa shape index (κ1) is 18.9. The average Bonchev–Trinajstić information content (AvgIpc) is 3.09. The van der Waals surface area contributed by atoms with E-state index in [0.29, 0.717) is 11.3 Å². The van der Waals surface area contributed by atoms with Crippen LogP contribution in [0.1, 0.15) is 34.8 Å². The molecular formula is C19H23ClN2O3. The summed E-state index contributed by atoms with van der Waals surface area (Å²) in [4.78, 5) is 14.8. The number of nitrogen functional groups attached to an aromatic ring is 1. The molecule has 1 atom stereocenters. The third kappa shape index (κ3) is 3.82. The standard InChI is InChI=1S/C19H22N2O3.ClH/c1-23-15-8-9-16(18(12-15)24-2)17-7-4-10-21(17)19(22)13-5-3-6-14(20)11-13;/h3,5-6,8-9,11-12,17H,4,7,10,20H2,1-2H3;1H. The number of hydrogen-bond acceptors (Lipinski definition) is 4. The van der Waals surface area contributed by atoms with Crippen LogP contribution in [0.3, 0.4) is 0 Å². The lowest BCUT2D eigenvalue weighted by Gasteiger charge is -2.26. The van der Waals surface area contributed by atoms with Gasteiger partial charge in [-0.1, -0.05) is 6.07 Å². The molecule has 2 aromatic rings. The summed E-state index contributed by atoms with van der Waals surface area (Å²) in [5.41, 5.74) is 8.04. The van der Waals surface area contributed by atoms with Gasteiger partial charge in [-0.3, -0.25) is 4.79 Å². The highest BCUT2D eigenvalue weighted by Gasteiger charge is 2.32. The van der Waals surface area contributed by atoms with Crippen LogP contribution in [0.4, 0.5) is 5.69 Å². The van der Waals surface area contributed by atoms with Crippen molar-refractivity contribution in [2.45, 2.75) is 18.9 Å². The molecule has 0 spiro atoms. The Morgan fingerprint density at radius 3 is 2.64 bits per heavy atom. The lowest BCUT2D eigenvalue weighted by Crippen LogP contribution is -2.30. The topological polar surface area (TPSA) is 64.8 Å². The number of halogens is 1. The molecule has 1 amide bonds. The lowest BCUT2D eigenvalue weighted by molar-refractivity contribution is 0.0734. The van der Waals surface area contributed by atoms with E-state index in [9.17, 15) is 4.79 Å². The van der Waals surface area contributed by atoms with E-state index < -0.39 is 0 Å². The Kier molecular flexibility index (Phi) is 6.15. The molecule has 1 fully saturated rings. The van der Waals surface area contributed by atoms with Crippen LogP contribution in [0, 0.1) is 0 Å². The zero-order chi connectivity index (χ0) is 17.1. The van der Waals surface area contributed by atoms with Crippen LogP contribution in [0.15, 0.2) is 42.5 Å². The Balaban J connectivity index is 0.00000225. The molecule has 6 heteroatoms. The minimum absolute atomic E-state index is 0. The van der Waals surface area contributed by atoms with Crippen LogP contribution in [0.25, 0.3) is 0 Å². The van der Waals surface area contributed by atoms with Gasteiger partial charge in [-0.2, -0.15) is 0 Å². The lowest BCUT2D eigenvalue weighted by atomic mass is 10.0. The molecule has 1 aliphatic rings. The number of nitrogens with zero attached hydrogens (tertiary/aromatic N) is 1. The number of likely N-dealkylation sites (tertiary alicyclic amines) is 1. The normalized spacial score (nSPS) is 16.2. The molecule has 2 aromatic carbocycles. The average molecular weight is 363 g/mol. The SMILES string of the molecule is COc1ccc(C2CCCN2C(=O)c2cccc(N)c2)c(OC)c1.Cl. The summed E-state index contributed by atoms with van der Waals surface area (Å²) in [6, 6.07) is 12.9. The van der Waals surface area contributed by atoms with Gasteiger partial charge in [0.05, 0.1) is 20.3 Å². The van der Waals surface area contributed by atoms with Gasteiger partial charge in [0.2, 0.25) is 0 Å². The van der Waals surface area contributed by atoms with Crippen molar-refractivity contribution in [2.24, 2.45) is 0 Å². The summed E-state index contributed by atoms with van der Waals surface area (Å²) in [5, 5.41) is 0. The molecule has 2 N–H and O–H groups in total. The minimum atomic E-state index is -0.000197. The Morgan fingerprint density at radius 2 is 1.96 bits per heavy atom. The number of ether oxygens (including phenoxy) is 2. The number of benzene rings is 2. The van der Waals surface area contributed by atoms with E-state index in [1.54, 1.807) is 32.4 Å². The van der Waals surface area contributed by atoms with Crippen LogP contribution in [0.5, 0.6) is 11.5 Å². The van der Waals surface area contributed by atoms with E-state index in [-0.39, 0.29) is 24.4 Å². The largest absolute Gasteiger partial charge is 0.497 e. The molecular weight excluding hydrogens is 340 g/mol. The first-order valence-corrected chi connectivity index (χ1v) is 8.02. The molecule has 0 saturated carbocycles. The van der Waals surface area contributed by atoms with Crippen LogP contribution in [0.2, 0.25) is 0 Å². The summed E-state index contributed by atoms with van der Waals surface area (Å²) in [5.74, 6) is 1.48. The van der Waals surface area contributed by atoms with Gasteiger partial charge in [-0.15, -0.1) is 12.4 Å². The number of amides is 1. The smallest absolute Gasteiger partial charge is 0.254 e. The number of nitrogens with two attached hydrogens (primary N) is 1. The minimum Gasteiger partial charge on any atom is -0.497 e. The maximum Gasteiger partial charge on any atom is 0.254 e. The highest BCUT2D eigenvalue weighted by Crippen LogP contribution is 2.39. The zero-order valence-corrected chi connectivity index (χ0v) is 15.2. The third-order valence-electron chi connectivity index (χ3n) is 4.45. The van der Waals surface area contributed by atoms with E-state index in [1.807, 2.05) is 29.2 Å². The molecule has 5 nitrogen and oxygen atoms in total. The fraction of sp³-hybridized carbons (Fsp3) is 0.316. The Hall–Kier alpha value is -2.40. The Labute approximate surface area is 154 Å². The van der Waals surface area contributed by atoms with Gasteiger partial charge in [0.25, 0.3) is 5.91 Å². The van der Waals surface area contributed by atoms with Crippen molar-refractivity contribution in [2.75, 3.05) is 26.5 Å². The van der Waals surface area contributed by atoms with Crippen LogP contribution >= 0.6 is 12.4 Å². The first-order chi connectivity index (χ1) is 11.6. The van der Waals surface area contributed by atoms with Gasteiger partial charge in [0.15, 0.2) is 0 Å². The molecule has 0 radical (unpaired) electrons. The maximum atomic E-state index is 12.9. The van der Waals surface area contributed by atoms with Crippen LogP contribution < -0.4 is 15.2 Å². The van der Waals surface area contributed by atoms with Crippen molar-refractivity contribution in [1.29, 1.82) is 0 Å². The summed E-state index contributed by atoms with van der Waals surface area (Å²) in [6.45, 7) is 0.730. The maximum absolute atomic E-state index is 12.9. The first-order valence-electron chi connectivity index (χ1n) is 8.02. The second-order valence-corrected chi connectivity index (χ2v) is 5.89. The highest BCUT2D eigenvalue weighted by atomic mass is 35.5. The summed E-state index contributed by atoms with van der Waals surface area (Å²) in [7, 11) is 3.26. The molecule has 25 heavy (non-hydrogen) atoms. The van der Waals surface area contributed by atoms with Crippen LogP contribution in [-0.4, -0.2) is 31.6 Å². The molecule has 0 bridgehead atoms. The summed E-state index contributed by atoms with van der Waals surface area (Å²) in [6.07, 6.45) is 1.88. The van der Waals surface area contributed by atoms with E-state index in [1.165, 1.54) is 0 Å². The second kappa shape index (κ2) is 8.12. The number of rotatable bonds is 4. The van der Waals surface area contributed by atoms with Crippen LogP contribution in [-0.2, 0) is 0 Å². The molecule has 3 rings (SSSR count). The zero-order valence-electron chi connectivity index (χ0n) is 14.4. The van der Waals surface area contributed by atoms with E-state index >= 15 is 0 Å². The van der Waals surface area contributed by atoms with Gasteiger partial charge in [0.1, 0.15) is 11.5 Å². The van der Waals surface area contributed by atoms with Crippen molar-refractivity contribution in [3.8, 4) is 11.5 Å². The number of anilines is 1. The monoisotopic (exact) mass is 362 g/mol. The molecule has 0 aliphatic carbocycles. The van der Waals surface area contributed by atoms with E-state index in [2.05, 4.69) is 0 Å². The van der Waals surface area contributed by atoms with Gasteiger partial charge in [0, 0.05) is 29.4 Å². The van der Waals surface area contributed by atoms with Gasteiger partial charge in [-0.25, -0.2) is 0 Å². The number of methoxy groups -OCH3 is 2. The van der Waals surface area contributed by atoms with Gasteiger partial charge >= 0.3 is 0 Å². The predicted molar refractivity (Wildman–Crippen MR) is 101 cm³/mol. The molecule has 0 aromatic heterocycles. The number of hydrogen-bond donors (Lipinski definition) is 1. The molecule has 1 aliphatic heterocycles. The summed E-state index contributed by atoms with van der Waals surface area (Å²) >= 11 is 0. The third-order valence-corrected chi connectivity index (χ3v) is 4.45. The molecule has 134 valence electrons. The van der Waals surface area contributed by atoms with Gasteiger partial charge in [-0.05, 0) is 43.2 Å². The van der Waals surface area contributed by atoms with Crippen molar-refractivity contribution in [1.82, 2.24) is 4.90 Å². The summed E-state index contributed by atoms with van der Waals surface area (Å²) < 4.78 is 10.8. The molecule has 1 unspecified atom stereocenters. The fourth-order valence-electron chi connectivity index (χ4n) is 3.26. The predicted octanol–water partition coefficient (Wildman–Crippen LogP) is 3.69. The van der Waals surface area contributed by atoms with Crippen molar-refractivity contribution in [3.05, 3.63) is 53.6 Å². The number of carbonyl (C=O) groups excluding carboxylic acids is 1. The second-order valence-electron chi connectivity index (χ2n) is 5.89. The molecule has 1 saturated heterocycles. The Morgan fingerprint density at radius 1 is 1.16 bits per heavy atom. The van der Waals surface area contributed by atoms with E-state index in [0.717, 1.165) is 36.4 Å². The van der Waals surface area contributed by atoms with E-state index in [4.69, 9.17) is 15.2 Å². The molecule has 1 heterocycles. The quantitative estimate of drug-likeness (QED) is 0.842. The van der Waals surface area contributed by atoms with Gasteiger partial charge < -0.3 is 20.1 Å². The van der Waals surface area contributed by atoms with Crippen molar-refractivity contribution >= 4 is 24.0 Å². The van der Waals surface area contributed by atoms with Crippen molar-refractivity contribution < 1.29 is 14.3 Å². The van der Waals surface area contributed by atoms with Crippen molar-refractivity contribution in [3.63, 3.8) is 0 Å².